The molecule has 1 amide bonds. The minimum Gasteiger partial charge on any atom is -0.495 e. The van der Waals surface area contributed by atoms with E-state index >= 15 is 0 Å². The van der Waals surface area contributed by atoms with E-state index < -0.39 is 0 Å². The first-order chi connectivity index (χ1) is 11.0. The molecule has 0 saturated heterocycles. The summed E-state index contributed by atoms with van der Waals surface area (Å²) in [7, 11) is 1.59. The van der Waals surface area contributed by atoms with Crippen LogP contribution in [0.15, 0.2) is 36.5 Å². The molecule has 5 nitrogen and oxygen atoms in total. The lowest BCUT2D eigenvalue weighted by Crippen LogP contribution is -2.32. The Morgan fingerprint density at radius 3 is 2.74 bits per heavy atom. The Balaban J connectivity index is 2.11. The van der Waals surface area contributed by atoms with Crippen LogP contribution in [-0.4, -0.2) is 24.0 Å². The van der Waals surface area contributed by atoms with E-state index in [1.165, 1.54) is 0 Å². The first-order valence-corrected chi connectivity index (χ1v) is 7.78. The van der Waals surface area contributed by atoms with Crippen LogP contribution in [0.25, 0.3) is 0 Å². The zero-order valence-corrected chi connectivity index (χ0v) is 14.1. The molecule has 1 heterocycles. The molecule has 0 bridgehead atoms. The summed E-state index contributed by atoms with van der Waals surface area (Å²) >= 11 is 6.00. The van der Waals surface area contributed by atoms with E-state index in [0.717, 1.165) is 17.8 Å². The van der Waals surface area contributed by atoms with E-state index in [0.29, 0.717) is 16.5 Å². The number of amides is 1. The minimum absolute atomic E-state index is 0.123. The molecule has 1 aromatic heterocycles. The fraction of sp³-hybridized carbons (Fsp3) is 0.294. The van der Waals surface area contributed by atoms with E-state index in [1.807, 2.05) is 13.8 Å². The molecule has 2 aromatic rings. The fourth-order valence-electron chi connectivity index (χ4n) is 1.94. The quantitative estimate of drug-likeness (QED) is 0.838. The number of carbonyl (C=O) groups is 1. The van der Waals surface area contributed by atoms with Crippen molar-refractivity contribution in [2.75, 3.05) is 12.4 Å². The van der Waals surface area contributed by atoms with Crippen molar-refractivity contribution in [1.82, 2.24) is 10.3 Å². The fourth-order valence-corrected chi connectivity index (χ4v) is 2.11. The van der Waals surface area contributed by atoms with Crippen LogP contribution in [0, 0.1) is 0 Å². The second-order valence-electron chi connectivity index (χ2n) is 5.18. The zero-order valence-electron chi connectivity index (χ0n) is 13.4. The Labute approximate surface area is 141 Å². The molecule has 1 unspecified atom stereocenters. The predicted octanol–water partition coefficient (Wildman–Crippen LogP) is 4.02. The second-order valence-corrected chi connectivity index (χ2v) is 5.62. The topological polar surface area (TPSA) is 63.2 Å². The van der Waals surface area contributed by atoms with Gasteiger partial charge >= 0.3 is 0 Å². The highest BCUT2D eigenvalue weighted by molar-refractivity contribution is 6.31. The average molecular weight is 334 g/mol. The zero-order chi connectivity index (χ0) is 16.8. The molecule has 2 rings (SSSR count). The van der Waals surface area contributed by atoms with E-state index in [2.05, 4.69) is 15.6 Å². The maximum atomic E-state index is 12.0. The van der Waals surface area contributed by atoms with Crippen molar-refractivity contribution in [3.63, 3.8) is 0 Å². The molecule has 0 saturated carbocycles. The number of aromatic nitrogens is 1. The Hall–Kier alpha value is -2.27. The van der Waals surface area contributed by atoms with Crippen molar-refractivity contribution in [2.45, 2.75) is 26.3 Å². The van der Waals surface area contributed by atoms with Crippen LogP contribution in [-0.2, 0) is 0 Å². The molecule has 23 heavy (non-hydrogen) atoms. The normalized spacial score (nSPS) is 11.7. The van der Waals surface area contributed by atoms with Crippen LogP contribution in [0.4, 0.5) is 11.4 Å². The number of hydrogen-bond donors (Lipinski definition) is 2. The van der Waals surface area contributed by atoms with Crippen molar-refractivity contribution in [1.29, 1.82) is 0 Å². The van der Waals surface area contributed by atoms with Gasteiger partial charge in [0.25, 0.3) is 5.91 Å². The van der Waals surface area contributed by atoms with Crippen molar-refractivity contribution in [3.8, 4) is 5.75 Å². The number of hydrogen-bond acceptors (Lipinski definition) is 4. The average Bonchev–Trinajstić information content (AvgIpc) is 2.55. The van der Waals surface area contributed by atoms with Crippen LogP contribution in [0.1, 0.15) is 30.8 Å². The molecule has 122 valence electrons. The van der Waals surface area contributed by atoms with E-state index in [1.54, 1.807) is 43.6 Å². The molecule has 6 heteroatoms. The maximum Gasteiger partial charge on any atom is 0.270 e. The number of benzene rings is 1. The number of anilines is 2. The van der Waals surface area contributed by atoms with Crippen molar-refractivity contribution in [3.05, 3.63) is 47.2 Å². The highest BCUT2D eigenvalue weighted by Gasteiger charge is 2.10. The third-order valence-electron chi connectivity index (χ3n) is 3.43. The third kappa shape index (κ3) is 4.60. The van der Waals surface area contributed by atoms with Gasteiger partial charge in [0.05, 0.1) is 24.7 Å². The number of rotatable bonds is 6. The van der Waals surface area contributed by atoms with Crippen molar-refractivity contribution < 1.29 is 9.53 Å². The van der Waals surface area contributed by atoms with Crippen LogP contribution in [0.3, 0.4) is 0 Å². The van der Waals surface area contributed by atoms with Gasteiger partial charge in [0, 0.05) is 11.1 Å². The summed E-state index contributed by atoms with van der Waals surface area (Å²) in [4.78, 5) is 16.2. The van der Waals surface area contributed by atoms with E-state index in [4.69, 9.17) is 16.3 Å². The number of pyridine rings is 1. The van der Waals surface area contributed by atoms with Gasteiger partial charge in [0.2, 0.25) is 0 Å². The van der Waals surface area contributed by atoms with Gasteiger partial charge in [-0.15, -0.1) is 0 Å². The highest BCUT2D eigenvalue weighted by Crippen LogP contribution is 2.30. The number of carbonyl (C=O) groups excluding carboxylic acids is 1. The third-order valence-corrected chi connectivity index (χ3v) is 3.66. The summed E-state index contributed by atoms with van der Waals surface area (Å²) in [6, 6.07) is 8.90. The molecule has 0 radical (unpaired) electrons. The standard InChI is InChI=1S/C17H20ClN3O2/c1-4-11(2)20-17(22)14-7-6-13(10-19-14)21-15-9-12(18)5-8-16(15)23-3/h5-11,21H,4H2,1-3H3,(H,20,22). The van der Waals surface area contributed by atoms with Crippen molar-refractivity contribution in [2.24, 2.45) is 0 Å². The molecular formula is C17H20ClN3O2. The minimum atomic E-state index is -0.175. The SMILES string of the molecule is CCC(C)NC(=O)c1ccc(Nc2cc(Cl)ccc2OC)cn1. The van der Waals surface area contributed by atoms with Gasteiger partial charge < -0.3 is 15.4 Å². The first-order valence-electron chi connectivity index (χ1n) is 7.41. The summed E-state index contributed by atoms with van der Waals surface area (Å²) in [5, 5.41) is 6.66. The van der Waals surface area contributed by atoms with Crippen LogP contribution >= 0.6 is 11.6 Å². The van der Waals surface area contributed by atoms with Crippen LogP contribution < -0.4 is 15.4 Å². The van der Waals surface area contributed by atoms with Gasteiger partial charge in [-0.2, -0.15) is 0 Å². The Bertz CT molecular complexity index is 674. The van der Waals surface area contributed by atoms with Gasteiger partial charge in [-0.1, -0.05) is 18.5 Å². The Morgan fingerprint density at radius 2 is 2.13 bits per heavy atom. The van der Waals surface area contributed by atoms with Gasteiger partial charge in [-0.3, -0.25) is 4.79 Å². The van der Waals surface area contributed by atoms with E-state index in [-0.39, 0.29) is 11.9 Å². The second kappa shape index (κ2) is 7.83. The van der Waals surface area contributed by atoms with Crippen LogP contribution in [0.2, 0.25) is 5.02 Å². The van der Waals surface area contributed by atoms with Gasteiger partial charge in [-0.25, -0.2) is 4.98 Å². The smallest absolute Gasteiger partial charge is 0.270 e. The number of nitrogens with zero attached hydrogens (tertiary/aromatic N) is 1. The summed E-state index contributed by atoms with van der Waals surface area (Å²) in [6.07, 6.45) is 2.48. The van der Waals surface area contributed by atoms with Gasteiger partial charge in [0.1, 0.15) is 11.4 Å². The Kier molecular flexibility index (Phi) is 5.82. The number of nitrogens with one attached hydrogen (secondary N) is 2. The molecular weight excluding hydrogens is 314 g/mol. The summed E-state index contributed by atoms with van der Waals surface area (Å²) in [5.41, 5.74) is 1.86. The molecule has 0 aliphatic heterocycles. The lowest BCUT2D eigenvalue weighted by molar-refractivity contribution is 0.0934. The predicted molar refractivity (Wildman–Crippen MR) is 92.7 cm³/mol. The maximum absolute atomic E-state index is 12.0. The van der Waals surface area contributed by atoms with E-state index in [9.17, 15) is 4.79 Å². The molecule has 0 aliphatic rings. The number of halogens is 1. The van der Waals surface area contributed by atoms with Crippen molar-refractivity contribution >= 4 is 28.9 Å². The first kappa shape index (κ1) is 17.1. The summed E-state index contributed by atoms with van der Waals surface area (Å²) in [6.45, 7) is 3.98. The summed E-state index contributed by atoms with van der Waals surface area (Å²) in [5.74, 6) is 0.499. The lowest BCUT2D eigenvalue weighted by Gasteiger charge is -2.13. The van der Waals surface area contributed by atoms with Gasteiger partial charge in [0.15, 0.2) is 0 Å². The largest absolute Gasteiger partial charge is 0.495 e. The van der Waals surface area contributed by atoms with Gasteiger partial charge in [-0.05, 0) is 43.7 Å². The molecule has 0 aliphatic carbocycles. The number of methoxy groups -OCH3 is 1. The molecule has 0 fully saturated rings. The highest BCUT2D eigenvalue weighted by atomic mass is 35.5. The molecule has 1 aromatic carbocycles. The monoisotopic (exact) mass is 333 g/mol. The Morgan fingerprint density at radius 1 is 1.35 bits per heavy atom. The molecule has 2 N–H and O–H groups in total. The lowest BCUT2D eigenvalue weighted by atomic mass is 10.2. The van der Waals surface area contributed by atoms with Crippen LogP contribution in [0.5, 0.6) is 5.75 Å². The molecule has 0 spiro atoms. The summed E-state index contributed by atoms with van der Waals surface area (Å²) < 4.78 is 5.28. The molecule has 1 atom stereocenters. The number of ether oxygens (including phenoxy) is 1.